The van der Waals surface area contributed by atoms with Crippen LogP contribution in [-0.2, 0) is 0 Å². The molecule has 1 amide bonds. The number of carbonyl (C=O) groups excluding carboxylic acids is 1. The zero-order valence-electron chi connectivity index (χ0n) is 14.2. The van der Waals surface area contributed by atoms with Crippen molar-refractivity contribution < 1.29 is 14.3 Å². The summed E-state index contributed by atoms with van der Waals surface area (Å²) in [5, 5.41) is 2.87. The van der Waals surface area contributed by atoms with Gasteiger partial charge in [0.05, 0.1) is 11.9 Å². The Labute approximate surface area is 146 Å². The molecule has 0 bridgehead atoms. The third-order valence-electron chi connectivity index (χ3n) is 4.62. The molecule has 3 heterocycles. The molecule has 2 aliphatic heterocycles. The zero-order valence-corrected chi connectivity index (χ0v) is 14.2. The van der Waals surface area contributed by atoms with Crippen molar-refractivity contribution in [2.45, 2.75) is 19.8 Å². The van der Waals surface area contributed by atoms with Crippen LogP contribution in [0.5, 0.6) is 11.5 Å². The van der Waals surface area contributed by atoms with E-state index in [1.165, 1.54) is 12.8 Å². The number of hydrogen-bond acceptors (Lipinski definition) is 5. The summed E-state index contributed by atoms with van der Waals surface area (Å²) in [6.07, 6.45) is 4.19. The third kappa shape index (κ3) is 3.38. The number of piperidine rings is 1. The Morgan fingerprint density at radius 1 is 1.24 bits per heavy atom. The van der Waals surface area contributed by atoms with Crippen LogP contribution in [0.25, 0.3) is 0 Å². The van der Waals surface area contributed by atoms with Crippen molar-refractivity contribution in [2.75, 3.05) is 30.1 Å². The maximum Gasteiger partial charge on any atom is 0.255 e. The van der Waals surface area contributed by atoms with Crippen LogP contribution < -0.4 is 19.7 Å². The topological polar surface area (TPSA) is 63.7 Å². The fourth-order valence-electron chi connectivity index (χ4n) is 3.29. The molecule has 0 saturated carbocycles. The smallest absolute Gasteiger partial charge is 0.255 e. The van der Waals surface area contributed by atoms with E-state index < -0.39 is 0 Å². The molecule has 1 aromatic heterocycles. The van der Waals surface area contributed by atoms with E-state index in [0.717, 1.165) is 18.9 Å². The van der Waals surface area contributed by atoms with E-state index in [1.807, 2.05) is 12.1 Å². The van der Waals surface area contributed by atoms with Gasteiger partial charge < -0.3 is 19.7 Å². The van der Waals surface area contributed by atoms with E-state index in [1.54, 1.807) is 24.4 Å². The van der Waals surface area contributed by atoms with Gasteiger partial charge in [-0.05, 0) is 49.1 Å². The quantitative estimate of drug-likeness (QED) is 0.929. The van der Waals surface area contributed by atoms with Gasteiger partial charge >= 0.3 is 0 Å². The normalized spacial score (nSPS) is 18.9. The van der Waals surface area contributed by atoms with Gasteiger partial charge in [-0.3, -0.25) is 4.79 Å². The lowest BCUT2D eigenvalue weighted by Crippen LogP contribution is -2.34. The van der Waals surface area contributed by atoms with E-state index in [-0.39, 0.29) is 12.7 Å². The van der Waals surface area contributed by atoms with E-state index >= 15 is 0 Å². The van der Waals surface area contributed by atoms with Crippen LogP contribution in [0.3, 0.4) is 0 Å². The Morgan fingerprint density at radius 3 is 2.92 bits per heavy atom. The second kappa shape index (κ2) is 6.63. The number of ether oxygens (including phenoxy) is 2. The molecule has 2 aromatic rings. The summed E-state index contributed by atoms with van der Waals surface area (Å²) in [5.41, 5.74) is 1.20. The predicted octanol–water partition coefficient (Wildman–Crippen LogP) is 3.30. The van der Waals surface area contributed by atoms with Crippen LogP contribution in [0.4, 0.5) is 11.5 Å². The summed E-state index contributed by atoms with van der Waals surface area (Å²) in [4.78, 5) is 19.2. The molecule has 1 atom stereocenters. The molecule has 1 saturated heterocycles. The van der Waals surface area contributed by atoms with Crippen LogP contribution in [0.2, 0.25) is 0 Å². The number of hydrogen-bond donors (Lipinski definition) is 1. The van der Waals surface area contributed by atoms with Crippen LogP contribution in [0.1, 0.15) is 30.1 Å². The molecule has 130 valence electrons. The highest BCUT2D eigenvalue weighted by Gasteiger charge is 2.18. The number of rotatable bonds is 3. The first-order valence-corrected chi connectivity index (χ1v) is 8.61. The fourth-order valence-corrected chi connectivity index (χ4v) is 3.29. The molecule has 4 rings (SSSR count). The number of nitrogens with zero attached hydrogens (tertiary/aromatic N) is 2. The first-order valence-electron chi connectivity index (χ1n) is 8.61. The lowest BCUT2D eigenvalue weighted by molar-refractivity contribution is 0.102. The first-order chi connectivity index (χ1) is 12.2. The Kier molecular flexibility index (Phi) is 4.17. The second-order valence-corrected chi connectivity index (χ2v) is 6.62. The predicted molar refractivity (Wildman–Crippen MR) is 95.4 cm³/mol. The molecule has 2 aliphatic rings. The third-order valence-corrected chi connectivity index (χ3v) is 4.62. The Hall–Kier alpha value is -2.76. The lowest BCUT2D eigenvalue weighted by atomic mass is 10.0. The van der Waals surface area contributed by atoms with Crippen molar-refractivity contribution in [1.82, 2.24) is 4.98 Å². The van der Waals surface area contributed by atoms with Crippen LogP contribution >= 0.6 is 0 Å². The summed E-state index contributed by atoms with van der Waals surface area (Å²) in [6.45, 7) is 4.54. The highest BCUT2D eigenvalue weighted by Crippen LogP contribution is 2.32. The molecule has 6 nitrogen and oxygen atoms in total. The Bertz CT molecular complexity index is 776. The number of anilines is 2. The second-order valence-electron chi connectivity index (χ2n) is 6.62. The van der Waals surface area contributed by atoms with Gasteiger partial charge in [0.25, 0.3) is 5.91 Å². The molecular weight excluding hydrogens is 318 g/mol. The molecule has 1 N–H and O–H groups in total. The standard InChI is InChI=1S/C19H21N3O3/c1-13-3-2-8-22(11-13)18-7-5-15(10-20-18)21-19(23)14-4-6-16-17(9-14)25-12-24-16/h4-7,9-10,13H,2-3,8,11-12H2,1H3,(H,21,23). The number of amides is 1. The van der Waals surface area contributed by atoms with Gasteiger partial charge in [0.2, 0.25) is 6.79 Å². The summed E-state index contributed by atoms with van der Waals surface area (Å²) < 4.78 is 10.6. The highest BCUT2D eigenvalue weighted by atomic mass is 16.7. The Morgan fingerprint density at radius 2 is 2.12 bits per heavy atom. The number of fused-ring (bicyclic) bond motifs is 1. The van der Waals surface area contributed by atoms with Gasteiger partial charge in [0.1, 0.15) is 5.82 Å². The molecule has 1 unspecified atom stereocenters. The zero-order chi connectivity index (χ0) is 17.2. The van der Waals surface area contributed by atoms with E-state index in [4.69, 9.17) is 9.47 Å². The molecule has 0 spiro atoms. The van der Waals surface area contributed by atoms with Crippen LogP contribution in [0, 0.1) is 5.92 Å². The Balaban J connectivity index is 1.43. The van der Waals surface area contributed by atoms with E-state index in [0.29, 0.717) is 28.7 Å². The summed E-state index contributed by atoms with van der Waals surface area (Å²) in [5.74, 6) is 2.73. The van der Waals surface area contributed by atoms with Crippen molar-refractivity contribution in [3.8, 4) is 11.5 Å². The minimum Gasteiger partial charge on any atom is -0.454 e. The average Bonchev–Trinajstić information content (AvgIpc) is 3.10. The van der Waals surface area contributed by atoms with Gasteiger partial charge in [-0.2, -0.15) is 0 Å². The molecule has 0 radical (unpaired) electrons. The van der Waals surface area contributed by atoms with Gasteiger partial charge in [-0.25, -0.2) is 4.98 Å². The number of carbonyl (C=O) groups is 1. The summed E-state index contributed by atoms with van der Waals surface area (Å²) in [6, 6.07) is 9.02. The average molecular weight is 339 g/mol. The minimum atomic E-state index is -0.195. The molecule has 25 heavy (non-hydrogen) atoms. The van der Waals surface area contributed by atoms with Crippen LogP contribution in [-0.4, -0.2) is 30.8 Å². The maximum atomic E-state index is 12.4. The molecule has 6 heteroatoms. The SMILES string of the molecule is CC1CCCN(c2ccc(NC(=O)c3ccc4c(c3)OCO4)cn2)C1. The molecular formula is C19H21N3O3. The number of benzene rings is 1. The monoisotopic (exact) mass is 339 g/mol. The first kappa shape index (κ1) is 15.7. The van der Waals surface area contributed by atoms with Crippen molar-refractivity contribution in [3.05, 3.63) is 42.1 Å². The lowest BCUT2D eigenvalue weighted by Gasteiger charge is -2.31. The number of nitrogens with one attached hydrogen (secondary N) is 1. The van der Waals surface area contributed by atoms with Crippen molar-refractivity contribution in [2.24, 2.45) is 5.92 Å². The molecule has 0 aliphatic carbocycles. The molecule has 1 fully saturated rings. The van der Waals surface area contributed by atoms with Crippen LogP contribution in [0.15, 0.2) is 36.5 Å². The van der Waals surface area contributed by atoms with Gasteiger partial charge in [-0.1, -0.05) is 6.92 Å². The van der Waals surface area contributed by atoms with Gasteiger partial charge in [0, 0.05) is 18.7 Å². The summed E-state index contributed by atoms with van der Waals surface area (Å²) >= 11 is 0. The van der Waals surface area contributed by atoms with Gasteiger partial charge in [0.15, 0.2) is 11.5 Å². The van der Waals surface area contributed by atoms with E-state index in [9.17, 15) is 4.79 Å². The highest BCUT2D eigenvalue weighted by molar-refractivity contribution is 6.04. The molecule has 1 aromatic carbocycles. The number of pyridine rings is 1. The van der Waals surface area contributed by atoms with Gasteiger partial charge in [-0.15, -0.1) is 0 Å². The minimum absolute atomic E-state index is 0.195. The van der Waals surface area contributed by atoms with Crippen molar-refractivity contribution >= 4 is 17.4 Å². The maximum absolute atomic E-state index is 12.4. The van der Waals surface area contributed by atoms with Crippen molar-refractivity contribution in [3.63, 3.8) is 0 Å². The summed E-state index contributed by atoms with van der Waals surface area (Å²) in [7, 11) is 0. The number of aromatic nitrogens is 1. The van der Waals surface area contributed by atoms with E-state index in [2.05, 4.69) is 22.1 Å². The fraction of sp³-hybridized carbons (Fsp3) is 0.368. The largest absolute Gasteiger partial charge is 0.454 e. The van der Waals surface area contributed by atoms with Crippen molar-refractivity contribution in [1.29, 1.82) is 0 Å².